The molecule has 0 unspecified atom stereocenters. The topological polar surface area (TPSA) is 107 Å². The molecular weight excluding hydrogens is 390 g/mol. The van der Waals surface area contributed by atoms with Gasteiger partial charge in [-0.1, -0.05) is 23.7 Å². The highest BCUT2D eigenvalue weighted by atomic mass is 35.5. The first-order valence-electron chi connectivity index (χ1n) is 8.54. The van der Waals surface area contributed by atoms with Crippen LogP contribution >= 0.6 is 11.6 Å². The van der Waals surface area contributed by atoms with Gasteiger partial charge in [-0.05, 0) is 55.0 Å². The van der Waals surface area contributed by atoms with Gasteiger partial charge in [0.25, 0.3) is 5.69 Å². The van der Waals surface area contributed by atoms with Gasteiger partial charge in [0.2, 0.25) is 10.0 Å². The van der Waals surface area contributed by atoms with Crippen LogP contribution in [0.1, 0.15) is 18.4 Å². The number of nitrogens with zero attached hydrogens (tertiary/aromatic N) is 2. The predicted molar refractivity (Wildman–Crippen MR) is 105 cm³/mol. The third-order valence-electron chi connectivity index (χ3n) is 4.57. The van der Waals surface area contributed by atoms with E-state index in [1.807, 2.05) is 29.2 Å². The van der Waals surface area contributed by atoms with Crippen molar-refractivity contribution in [3.8, 4) is 0 Å². The Morgan fingerprint density at radius 2 is 1.85 bits per heavy atom. The zero-order valence-corrected chi connectivity index (χ0v) is 16.1. The molecule has 2 aromatic carbocycles. The van der Waals surface area contributed by atoms with Crippen molar-refractivity contribution in [1.82, 2.24) is 0 Å². The first-order chi connectivity index (χ1) is 12.7. The van der Waals surface area contributed by atoms with Gasteiger partial charge in [0.05, 0.1) is 9.82 Å². The predicted octanol–water partition coefficient (Wildman–Crippen LogP) is 3.35. The number of rotatable bonds is 8. The fourth-order valence-corrected chi connectivity index (χ4v) is 3.59. The first-order valence-corrected chi connectivity index (χ1v) is 10.5. The summed E-state index contributed by atoms with van der Waals surface area (Å²) in [5, 5.41) is 17.3. The molecule has 7 nitrogen and oxygen atoms in total. The number of hydrogen-bond donors (Lipinski definition) is 1. The lowest BCUT2D eigenvalue weighted by Crippen LogP contribution is -2.29. The third-order valence-corrected chi connectivity index (χ3v) is 5.73. The molecule has 0 aliphatic heterocycles. The Labute approximate surface area is 162 Å². The molecule has 0 heterocycles. The van der Waals surface area contributed by atoms with Crippen LogP contribution in [0.25, 0.3) is 0 Å². The van der Waals surface area contributed by atoms with Crippen molar-refractivity contribution in [1.29, 1.82) is 0 Å². The first kappa shape index (κ1) is 19.6. The summed E-state index contributed by atoms with van der Waals surface area (Å²) in [6.45, 7) is 1.27. The molecular formula is C18H20ClN3O4S. The maximum atomic E-state index is 11.5. The number of primary sulfonamides is 1. The zero-order valence-electron chi connectivity index (χ0n) is 14.5. The average Bonchev–Trinajstić information content (AvgIpc) is 3.43. The maximum Gasteiger partial charge on any atom is 0.293 e. The zero-order chi connectivity index (χ0) is 19.6. The van der Waals surface area contributed by atoms with Crippen molar-refractivity contribution in [2.75, 3.05) is 18.0 Å². The SMILES string of the molecule is NS(=O)(=O)c1ccc(N(CCc2ccc(Cl)cc2)CC2CC2)c([N+](=O)[O-])c1. The van der Waals surface area contributed by atoms with Crippen molar-refractivity contribution in [2.24, 2.45) is 11.1 Å². The lowest BCUT2D eigenvalue weighted by molar-refractivity contribution is -0.384. The quantitative estimate of drug-likeness (QED) is 0.531. The van der Waals surface area contributed by atoms with E-state index >= 15 is 0 Å². The largest absolute Gasteiger partial charge is 0.365 e. The monoisotopic (exact) mass is 409 g/mol. The fraction of sp³-hybridized carbons (Fsp3) is 0.333. The maximum absolute atomic E-state index is 11.5. The van der Waals surface area contributed by atoms with Crippen molar-refractivity contribution in [2.45, 2.75) is 24.2 Å². The molecule has 27 heavy (non-hydrogen) atoms. The molecule has 3 rings (SSSR count). The van der Waals surface area contributed by atoms with E-state index in [-0.39, 0.29) is 10.6 Å². The lowest BCUT2D eigenvalue weighted by atomic mass is 10.1. The third kappa shape index (κ3) is 5.18. The van der Waals surface area contributed by atoms with Crippen LogP contribution < -0.4 is 10.0 Å². The minimum absolute atomic E-state index is 0.252. The molecule has 2 aromatic rings. The summed E-state index contributed by atoms with van der Waals surface area (Å²) < 4.78 is 23.1. The van der Waals surface area contributed by atoms with Crippen LogP contribution in [0.2, 0.25) is 5.02 Å². The van der Waals surface area contributed by atoms with E-state index in [1.165, 1.54) is 12.1 Å². The van der Waals surface area contributed by atoms with E-state index in [2.05, 4.69) is 0 Å². The van der Waals surface area contributed by atoms with E-state index < -0.39 is 14.9 Å². The number of hydrogen-bond acceptors (Lipinski definition) is 5. The van der Waals surface area contributed by atoms with E-state index in [0.717, 1.165) is 24.5 Å². The normalized spacial score (nSPS) is 14.1. The Balaban J connectivity index is 1.89. The summed E-state index contributed by atoms with van der Waals surface area (Å²) in [6, 6.07) is 11.3. The molecule has 9 heteroatoms. The summed E-state index contributed by atoms with van der Waals surface area (Å²) >= 11 is 5.91. The Hall–Kier alpha value is -2.16. The Morgan fingerprint density at radius 1 is 1.19 bits per heavy atom. The summed E-state index contributed by atoms with van der Waals surface area (Å²) in [6.07, 6.45) is 2.89. The Kier molecular flexibility index (Phi) is 5.69. The van der Waals surface area contributed by atoms with Gasteiger partial charge in [0, 0.05) is 24.2 Å². The summed E-state index contributed by atoms with van der Waals surface area (Å²) in [4.78, 5) is 12.7. The molecule has 2 N–H and O–H groups in total. The average molecular weight is 410 g/mol. The standard InChI is InChI=1S/C18H20ClN3O4S/c19-15-5-3-13(4-6-15)9-10-21(12-14-1-2-14)17-8-7-16(27(20,25)26)11-18(17)22(23)24/h3-8,11,14H,1-2,9-10,12H2,(H2,20,25,26). The molecule has 0 atom stereocenters. The van der Waals surface area contributed by atoms with Crippen LogP contribution in [0.3, 0.4) is 0 Å². The molecule has 0 spiro atoms. The lowest BCUT2D eigenvalue weighted by Gasteiger charge is -2.25. The van der Waals surface area contributed by atoms with E-state index in [9.17, 15) is 18.5 Å². The number of nitro benzene ring substituents is 1. The van der Waals surface area contributed by atoms with Gasteiger partial charge in [-0.2, -0.15) is 0 Å². The minimum Gasteiger partial charge on any atom is -0.365 e. The highest BCUT2D eigenvalue weighted by molar-refractivity contribution is 7.89. The number of sulfonamides is 1. The van der Waals surface area contributed by atoms with Gasteiger partial charge in [-0.15, -0.1) is 0 Å². The van der Waals surface area contributed by atoms with Gasteiger partial charge in [-0.25, -0.2) is 13.6 Å². The molecule has 1 aliphatic rings. The number of halogens is 1. The molecule has 0 radical (unpaired) electrons. The molecule has 1 saturated carbocycles. The van der Waals surface area contributed by atoms with E-state index in [0.29, 0.717) is 36.1 Å². The van der Waals surface area contributed by atoms with Gasteiger partial charge >= 0.3 is 0 Å². The second-order valence-corrected chi connectivity index (χ2v) is 8.72. The highest BCUT2D eigenvalue weighted by Crippen LogP contribution is 2.36. The summed E-state index contributed by atoms with van der Waals surface area (Å²) in [5.41, 5.74) is 1.23. The Morgan fingerprint density at radius 3 is 2.41 bits per heavy atom. The van der Waals surface area contributed by atoms with Gasteiger partial charge < -0.3 is 4.90 Å². The smallest absolute Gasteiger partial charge is 0.293 e. The van der Waals surface area contributed by atoms with Crippen LogP contribution in [0, 0.1) is 16.0 Å². The van der Waals surface area contributed by atoms with E-state index in [4.69, 9.17) is 16.7 Å². The summed E-state index contributed by atoms with van der Waals surface area (Å²) in [5.74, 6) is 0.507. The second-order valence-electron chi connectivity index (χ2n) is 6.72. The molecule has 1 fully saturated rings. The van der Waals surface area contributed by atoms with Gasteiger partial charge in [0.1, 0.15) is 5.69 Å². The van der Waals surface area contributed by atoms with Crippen LogP contribution in [-0.2, 0) is 16.4 Å². The fourth-order valence-electron chi connectivity index (χ4n) is 2.93. The van der Waals surface area contributed by atoms with Crippen molar-refractivity contribution < 1.29 is 13.3 Å². The Bertz CT molecular complexity index is 944. The van der Waals surface area contributed by atoms with Crippen molar-refractivity contribution in [3.05, 3.63) is 63.2 Å². The molecule has 0 bridgehead atoms. The van der Waals surface area contributed by atoms with Crippen LogP contribution in [-0.4, -0.2) is 26.4 Å². The number of anilines is 1. The van der Waals surface area contributed by atoms with E-state index in [1.54, 1.807) is 0 Å². The molecule has 1 aliphatic carbocycles. The van der Waals surface area contributed by atoms with Crippen molar-refractivity contribution >= 4 is 33.0 Å². The van der Waals surface area contributed by atoms with Crippen LogP contribution in [0.15, 0.2) is 47.4 Å². The molecule has 0 saturated heterocycles. The van der Waals surface area contributed by atoms with Gasteiger partial charge in [0.15, 0.2) is 0 Å². The number of benzene rings is 2. The van der Waals surface area contributed by atoms with Crippen LogP contribution in [0.4, 0.5) is 11.4 Å². The highest BCUT2D eigenvalue weighted by Gasteiger charge is 2.28. The van der Waals surface area contributed by atoms with Gasteiger partial charge in [-0.3, -0.25) is 10.1 Å². The minimum atomic E-state index is -4.01. The number of nitrogens with two attached hydrogens (primary N) is 1. The molecule has 0 amide bonds. The number of nitro groups is 1. The molecule has 144 valence electrons. The second kappa shape index (κ2) is 7.84. The van der Waals surface area contributed by atoms with Crippen molar-refractivity contribution in [3.63, 3.8) is 0 Å². The molecule has 0 aromatic heterocycles. The summed E-state index contributed by atoms with van der Waals surface area (Å²) in [7, 11) is -4.01. The van der Waals surface area contributed by atoms with Crippen LogP contribution in [0.5, 0.6) is 0 Å².